The molecular weight excluding hydrogens is 447 g/mol. The Kier molecular flexibility index (Phi) is 4.64. The number of carbonyl (C=O) groups is 1. The van der Waals surface area contributed by atoms with E-state index in [1.54, 1.807) is 0 Å². The maximum absolute atomic E-state index is 13.7. The standard InChI is InChI=1S/C20H15BrClFN4O/c1-10-5-6-25-20-26(2)18-13(9-24)17(14(21)8-16(18)27(10)20)19(28)12-7-11(23)3-4-15(12)22/h3-4,7-8,10H,5-6H2,1-2H3/t10-/m1/s1. The third kappa shape index (κ3) is 2.71. The van der Waals surface area contributed by atoms with Crippen LogP contribution in [-0.4, -0.2) is 31.4 Å². The molecule has 2 aromatic carbocycles. The van der Waals surface area contributed by atoms with Crippen molar-refractivity contribution in [2.45, 2.75) is 19.4 Å². The van der Waals surface area contributed by atoms with Crippen LogP contribution in [0.1, 0.15) is 34.8 Å². The van der Waals surface area contributed by atoms with E-state index in [0.29, 0.717) is 16.7 Å². The Balaban J connectivity index is 1.95. The number of anilines is 2. The zero-order chi connectivity index (χ0) is 20.2. The fourth-order valence-electron chi connectivity index (χ4n) is 3.75. The Hall–Kier alpha value is -2.43. The third-order valence-corrected chi connectivity index (χ3v) is 6.05. The molecule has 0 N–H and O–H groups in total. The molecule has 28 heavy (non-hydrogen) atoms. The summed E-state index contributed by atoms with van der Waals surface area (Å²) in [5, 5.41) is 10.1. The van der Waals surface area contributed by atoms with Gasteiger partial charge in [-0.05, 0) is 53.5 Å². The Bertz CT molecular complexity index is 1090. The lowest BCUT2D eigenvalue weighted by atomic mass is 9.96. The van der Waals surface area contributed by atoms with Crippen LogP contribution >= 0.6 is 27.5 Å². The lowest BCUT2D eigenvalue weighted by molar-refractivity contribution is 0.103. The molecule has 2 heterocycles. The van der Waals surface area contributed by atoms with Crippen LogP contribution in [0.2, 0.25) is 5.02 Å². The number of carbonyl (C=O) groups excluding carboxylic acids is 1. The van der Waals surface area contributed by atoms with Crippen molar-refractivity contribution < 1.29 is 9.18 Å². The topological polar surface area (TPSA) is 59.7 Å². The molecule has 2 aromatic rings. The van der Waals surface area contributed by atoms with Crippen LogP contribution in [0, 0.1) is 17.1 Å². The first-order chi connectivity index (χ1) is 13.3. The van der Waals surface area contributed by atoms with Gasteiger partial charge in [-0.1, -0.05) is 11.6 Å². The Labute approximate surface area is 175 Å². The summed E-state index contributed by atoms with van der Waals surface area (Å²) in [5.74, 6) is -0.324. The second kappa shape index (κ2) is 6.87. The molecular formula is C20H15BrClFN4O. The van der Waals surface area contributed by atoms with Crippen molar-refractivity contribution in [3.63, 3.8) is 0 Å². The first-order valence-corrected chi connectivity index (χ1v) is 9.86. The van der Waals surface area contributed by atoms with Crippen molar-refractivity contribution >= 4 is 50.6 Å². The number of benzene rings is 2. The molecule has 1 atom stereocenters. The number of hydrogen-bond donors (Lipinski definition) is 0. The molecule has 2 aliphatic rings. The number of rotatable bonds is 2. The summed E-state index contributed by atoms with van der Waals surface area (Å²) >= 11 is 9.58. The zero-order valence-electron chi connectivity index (χ0n) is 15.1. The smallest absolute Gasteiger partial charge is 0.205 e. The van der Waals surface area contributed by atoms with Gasteiger partial charge in [-0.3, -0.25) is 9.79 Å². The Morgan fingerprint density at radius 3 is 2.89 bits per heavy atom. The third-order valence-electron chi connectivity index (χ3n) is 5.09. The minimum atomic E-state index is -0.569. The highest BCUT2D eigenvalue weighted by Gasteiger charge is 2.39. The number of aliphatic imine (C=N–C) groups is 1. The molecule has 2 aliphatic heterocycles. The van der Waals surface area contributed by atoms with Crippen LogP contribution in [0.15, 0.2) is 33.7 Å². The number of nitrogens with zero attached hydrogens (tertiary/aromatic N) is 4. The van der Waals surface area contributed by atoms with Gasteiger partial charge in [-0.25, -0.2) is 4.39 Å². The van der Waals surface area contributed by atoms with Crippen molar-refractivity contribution in [3.8, 4) is 6.07 Å². The summed E-state index contributed by atoms with van der Waals surface area (Å²) in [5.41, 5.74) is 1.82. The lowest BCUT2D eigenvalue weighted by Gasteiger charge is -2.31. The van der Waals surface area contributed by atoms with Gasteiger partial charge in [0.15, 0.2) is 5.78 Å². The van der Waals surface area contributed by atoms with Gasteiger partial charge in [-0.2, -0.15) is 5.26 Å². The molecule has 4 rings (SSSR count). The maximum Gasteiger partial charge on any atom is 0.205 e. The molecule has 0 fully saturated rings. The SMILES string of the molecule is C[C@@H]1CCN=C2N(C)c3c(cc(Br)c(C(=O)c4cc(F)ccc4Cl)c3C#N)N21. The normalized spacial score (nSPS) is 17.7. The van der Waals surface area contributed by atoms with Crippen molar-refractivity contribution in [3.05, 3.63) is 56.3 Å². The summed E-state index contributed by atoms with van der Waals surface area (Å²) < 4.78 is 14.2. The van der Waals surface area contributed by atoms with Gasteiger partial charge in [-0.15, -0.1) is 0 Å². The monoisotopic (exact) mass is 460 g/mol. The molecule has 0 amide bonds. The van der Waals surface area contributed by atoms with Gasteiger partial charge in [0.25, 0.3) is 0 Å². The lowest BCUT2D eigenvalue weighted by Crippen LogP contribution is -2.45. The molecule has 142 valence electrons. The van der Waals surface area contributed by atoms with E-state index >= 15 is 0 Å². The molecule has 0 spiro atoms. The van der Waals surface area contributed by atoms with E-state index in [1.807, 2.05) is 18.0 Å². The second-order valence-electron chi connectivity index (χ2n) is 6.79. The van der Waals surface area contributed by atoms with Crippen molar-refractivity contribution in [2.75, 3.05) is 23.4 Å². The predicted molar refractivity (Wildman–Crippen MR) is 111 cm³/mol. The van der Waals surface area contributed by atoms with E-state index in [2.05, 4.69) is 38.8 Å². The summed E-state index contributed by atoms with van der Waals surface area (Å²) in [6.45, 7) is 2.81. The van der Waals surface area contributed by atoms with Crippen LogP contribution in [0.3, 0.4) is 0 Å². The molecule has 5 nitrogen and oxygen atoms in total. The van der Waals surface area contributed by atoms with E-state index in [4.69, 9.17) is 11.6 Å². The molecule has 0 saturated heterocycles. The zero-order valence-corrected chi connectivity index (χ0v) is 17.5. The first-order valence-electron chi connectivity index (χ1n) is 8.69. The summed E-state index contributed by atoms with van der Waals surface area (Å²) in [6, 6.07) is 7.81. The number of guanidine groups is 1. The van der Waals surface area contributed by atoms with Gasteiger partial charge in [0.2, 0.25) is 5.96 Å². The highest BCUT2D eigenvalue weighted by Crippen LogP contribution is 2.46. The molecule has 0 aliphatic carbocycles. The van der Waals surface area contributed by atoms with Gasteiger partial charge < -0.3 is 9.80 Å². The number of halogens is 3. The van der Waals surface area contributed by atoms with Crippen LogP contribution in [0.4, 0.5) is 15.8 Å². The molecule has 0 radical (unpaired) electrons. The highest BCUT2D eigenvalue weighted by molar-refractivity contribution is 9.10. The van der Waals surface area contributed by atoms with Crippen LogP contribution in [0.25, 0.3) is 0 Å². The Morgan fingerprint density at radius 2 is 2.18 bits per heavy atom. The fraction of sp³-hybridized carbons (Fsp3) is 0.250. The van der Waals surface area contributed by atoms with E-state index < -0.39 is 11.6 Å². The molecule has 0 bridgehead atoms. The van der Waals surface area contributed by atoms with Crippen molar-refractivity contribution in [1.29, 1.82) is 5.26 Å². The van der Waals surface area contributed by atoms with E-state index in [9.17, 15) is 14.4 Å². The van der Waals surface area contributed by atoms with E-state index in [1.165, 1.54) is 12.1 Å². The Morgan fingerprint density at radius 1 is 1.43 bits per heavy atom. The minimum absolute atomic E-state index is 0.0166. The van der Waals surface area contributed by atoms with Crippen LogP contribution in [0.5, 0.6) is 0 Å². The number of fused-ring (bicyclic) bond motifs is 3. The number of nitriles is 1. The molecule has 0 aromatic heterocycles. The van der Waals surface area contributed by atoms with Gasteiger partial charge in [0.1, 0.15) is 11.9 Å². The van der Waals surface area contributed by atoms with Gasteiger partial charge >= 0.3 is 0 Å². The minimum Gasteiger partial charge on any atom is -0.312 e. The largest absolute Gasteiger partial charge is 0.312 e. The number of ketones is 1. The summed E-state index contributed by atoms with van der Waals surface area (Å²) in [4.78, 5) is 21.7. The van der Waals surface area contributed by atoms with Gasteiger partial charge in [0.05, 0.1) is 27.5 Å². The second-order valence-corrected chi connectivity index (χ2v) is 8.05. The van der Waals surface area contributed by atoms with E-state index in [0.717, 1.165) is 24.1 Å². The highest BCUT2D eigenvalue weighted by atomic mass is 79.9. The molecule has 0 saturated carbocycles. The molecule has 0 unspecified atom stereocenters. The molecule has 8 heteroatoms. The first kappa shape index (κ1) is 18.9. The number of hydrogen-bond acceptors (Lipinski definition) is 5. The maximum atomic E-state index is 13.7. The average Bonchev–Trinajstić information content (AvgIpc) is 2.95. The summed E-state index contributed by atoms with van der Waals surface area (Å²) in [7, 11) is 1.83. The quantitative estimate of drug-likeness (QED) is 0.606. The van der Waals surface area contributed by atoms with E-state index in [-0.39, 0.29) is 27.8 Å². The van der Waals surface area contributed by atoms with Crippen LogP contribution in [-0.2, 0) is 0 Å². The van der Waals surface area contributed by atoms with Crippen molar-refractivity contribution in [2.24, 2.45) is 4.99 Å². The van der Waals surface area contributed by atoms with Crippen molar-refractivity contribution in [1.82, 2.24) is 0 Å². The fourth-order valence-corrected chi connectivity index (χ4v) is 4.55. The summed E-state index contributed by atoms with van der Waals surface area (Å²) in [6.07, 6.45) is 0.899. The van der Waals surface area contributed by atoms with Gasteiger partial charge in [0, 0.05) is 29.7 Å². The predicted octanol–water partition coefficient (Wildman–Crippen LogP) is 4.75. The van der Waals surface area contributed by atoms with Crippen LogP contribution < -0.4 is 9.80 Å². The average molecular weight is 462 g/mol.